The molecule has 5 rings (SSSR count). The predicted molar refractivity (Wildman–Crippen MR) is 141 cm³/mol. The van der Waals surface area contributed by atoms with Crippen molar-refractivity contribution in [2.24, 2.45) is 0 Å². The van der Waals surface area contributed by atoms with E-state index in [1.54, 1.807) is 36.4 Å². The zero-order chi connectivity index (χ0) is 25.3. The monoisotopic (exact) mass is 524 g/mol. The van der Waals surface area contributed by atoms with Crippen LogP contribution in [-0.4, -0.2) is 27.0 Å². The van der Waals surface area contributed by atoms with E-state index in [4.69, 9.17) is 16.3 Å². The molecule has 0 saturated heterocycles. The maximum absolute atomic E-state index is 13.6. The van der Waals surface area contributed by atoms with Gasteiger partial charge in [0, 0.05) is 5.02 Å². The van der Waals surface area contributed by atoms with Crippen LogP contribution in [0.15, 0.2) is 71.6 Å². The number of fused-ring (bicyclic) bond motifs is 2. The van der Waals surface area contributed by atoms with Crippen LogP contribution in [0.3, 0.4) is 0 Å². The summed E-state index contributed by atoms with van der Waals surface area (Å²) in [6, 6.07) is 19.2. The lowest BCUT2D eigenvalue weighted by atomic mass is 9.88. The Kier molecular flexibility index (Phi) is 6.95. The first-order chi connectivity index (χ1) is 17.4. The predicted octanol–water partition coefficient (Wildman–Crippen LogP) is 5.44. The first-order valence-electron chi connectivity index (χ1n) is 12.3. The number of amides is 1. The third kappa shape index (κ3) is 4.82. The molecule has 0 fully saturated rings. The van der Waals surface area contributed by atoms with Crippen molar-refractivity contribution in [2.75, 3.05) is 10.8 Å². The number of carbonyl (C=O) groups excluding carboxylic acids is 1. The Bertz CT molecular complexity index is 1380. The molecule has 1 N–H and O–H groups in total. The van der Waals surface area contributed by atoms with Crippen molar-refractivity contribution in [2.45, 2.75) is 56.1 Å². The van der Waals surface area contributed by atoms with Gasteiger partial charge in [-0.05, 0) is 79.1 Å². The summed E-state index contributed by atoms with van der Waals surface area (Å²) in [5.41, 5.74) is 4.12. The summed E-state index contributed by atoms with van der Waals surface area (Å²) in [4.78, 5) is 13.6. The van der Waals surface area contributed by atoms with E-state index in [1.165, 1.54) is 40.4 Å². The third-order valence-corrected chi connectivity index (χ3v) is 8.94. The minimum Gasteiger partial charge on any atom is -0.476 e. The molecule has 3 aromatic carbocycles. The highest BCUT2D eigenvalue weighted by molar-refractivity contribution is 7.92. The molecule has 0 radical (unpaired) electrons. The highest BCUT2D eigenvalue weighted by Crippen LogP contribution is 2.39. The van der Waals surface area contributed by atoms with Gasteiger partial charge in [0.25, 0.3) is 15.9 Å². The molecule has 8 heteroatoms. The van der Waals surface area contributed by atoms with Gasteiger partial charge in [0.2, 0.25) is 0 Å². The average Bonchev–Trinajstić information content (AvgIpc) is 2.91. The second-order valence-electron chi connectivity index (χ2n) is 9.27. The zero-order valence-corrected chi connectivity index (χ0v) is 21.7. The van der Waals surface area contributed by atoms with E-state index in [0.717, 1.165) is 18.4 Å². The Morgan fingerprint density at radius 1 is 1.06 bits per heavy atom. The summed E-state index contributed by atoms with van der Waals surface area (Å²) in [5.74, 6) is -0.0550. The second-order valence-corrected chi connectivity index (χ2v) is 11.6. The Morgan fingerprint density at radius 3 is 2.56 bits per heavy atom. The number of hydrogen-bond acceptors (Lipinski definition) is 4. The number of sulfonamides is 1. The molecule has 1 aliphatic heterocycles. The molecule has 36 heavy (non-hydrogen) atoms. The maximum Gasteiger partial charge on any atom is 0.264 e. The largest absolute Gasteiger partial charge is 0.476 e. The highest BCUT2D eigenvalue weighted by Gasteiger charge is 2.38. The minimum atomic E-state index is -3.94. The lowest BCUT2D eigenvalue weighted by Crippen LogP contribution is -2.51. The van der Waals surface area contributed by atoms with E-state index in [1.807, 2.05) is 6.92 Å². The molecule has 3 aromatic rings. The van der Waals surface area contributed by atoms with Crippen molar-refractivity contribution in [3.8, 4) is 5.75 Å². The normalized spacial score (nSPS) is 17.9. The quantitative estimate of drug-likeness (QED) is 0.465. The Morgan fingerprint density at radius 2 is 1.81 bits per heavy atom. The van der Waals surface area contributed by atoms with E-state index in [-0.39, 0.29) is 23.4 Å². The fourth-order valence-corrected chi connectivity index (χ4v) is 6.62. The van der Waals surface area contributed by atoms with Crippen LogP contribution in [-0.2, 0) is 27.7 Å². The number of ether oxygens (including phenoxy) is 1. The van der Waals surface area contributed by atoms with Crippen molar-refractivity contribution in [1.82, 2.24) is 5.32 Å². The Balaban J connectivity index is 1.42. The third-order valence-electron chi connectivity index (χ3n) is 6.91. The number of halogens is 1. The Labute approximate surface area is 217 Å². The van der Waals surface area contributed by atoms with Crippen LogP contribution in [0.2, 0.25) is 5.02 Å². The number of anilines is 1. The van der Waals surface area contributed by atoms with Gasteiger partial charge in [0.15, 0.2) is 6.10 Å². The highest BCUT2D eigenvalue weighted by atomic mass is 35.5. The summed E-state index contributed by atoms with van der Waals surface area (Å²) < 4.78 is 34.3. The van der Waals surface area contributed by atoms with Crippen LogP contribution in [0, 0.1) is 0 Å². The van der Waals surface area contributed by atoms with Gasteiger partial charge in [-0.2, -0.15) is 0 Å². The molecular formula is C28H29ClN2O4S. The van der Waals surface area contributed by atoms with E-state index in [0.29, 0.717) is 22.9 Å². The van der Waals surface area contributed by atoms with E-state index in [9.17, 15) is 13.2 Å². The van der Waals surface area contributed by atoms with Crippen LogP contribution >= 0.6 is 11.6 Å². The number of nitrogens with one attached hydrogen (secondary N) is 1. The van der Waals surface area contributed by atoms with Crippen LogP contribution in [0.25, 0.3) is 0 Å². The topological polar surface area (TPSA) is 75.7 Å². The number of aryl methyl sites for hydroxylation is 2. The van der Waals surface area contributed by atoms with Crippen molar-refractivity contribution >= 4 is 33.2 Å². The van der Waals surface area contributed by atoms with Crippen molar-refractivity contribution in [1.29, 1.82) is 0 Å². The van der Waals surface area contributed by atoms with E-state index < -0.39 is 16.1 Å². The van der Waals surface area contributed by atoms with Gasteiger partial charge in [-0.3, -0.25) is 9.10 Å². The van der Waals surface area contributed by atoms with Crippen LogP contribution < -0.4 is 14.4 Å². The van der Waals surface area contributed by atoms with Crippen LogP contribution in [0.1, 0.15) is 48.9 Å². The molecule has 2 aliphatic rings. The van der Waals surface area contributed by atoms with Gasteiger partial charge in [-0.15, -0.1) is 0 Å². The van der Waals surface area contributed by atoms with Gasteiger partial charge >= 0.3 is 0 Å². The van der Waals surface area contributed by atoms with Gasteiger partial charge in [0.1, 0.15) is 5.75 Å². The molecule has 1 heterocycles. The molecule has 0 spiro atoms. The fourth-order valence-electron chi connectivity index (χ4n) is 4.96. The van der Waals surface area contributed by atoms with Gasteiger partial charge < -0.3 is 10.1 Å². The van der Waals surface area contributed by atoms with Crippen molar-refractivity contribution in [3.63, 3.8) is 0 Å². The average molecular weight is 525 g/mol. The molecule has 0 bridgehead atoms. The number of nitrogens with zero attached hydrogens (tertiary/aromatic N) is 1. The molecule has 1 amide bonds. The molecule has 2 atom stereocenters. The minimum absolute atomic E-state index is 0.137. The van der Waals surface area contributed by atoms with Crippen molar-refractivity contribution < 1.29 is 17.9 Å². The van der Waals surface area contributed by atoms with Gasteiger partial charge in [0.05, 0.1) is 23.2 Å². The summed E-state index contributed by atoms with van der Waals surface area (Å²) in [6.07, 6.45) is 4.26. The van der Waals surface area contributed by atoms with E-state index >= 15 is 0 Å². The molecular weight excluding hydrogens is 496 g/mol. The number of carbonyl (C=O) groups is 1. The molecule has 1 aliphatic carbocycles. The number of hydrogen-bond donors (Lipinski definition) is 1. The van der Waals surface area contributed by atoms with Crippen molar-refractivity contribution in [3.05, 3.63) is 88.4 Å². The summed E-state index contributed by atoms with van der Waals surface area (Å²) in [5, 5.41) is 3.48. The maximum atomic E-state index is 13.6. The standard InChI is InChI=1S/C28H29ClN2O4S/c1-2-24(21-13-12-19-8-6-7-9-20(19)16-21)30-28(32)27-18-31(25-17-22(29)14-15-26(25)35-27)36(33,34)23-10-4-3-5-11-23/h3-5,10-17,24,27H,2,6-9,18H2,1H3,(H,30,32)/t24-,27+/m0/s1. The fraction of sp³-hybridized carbons (Fsp3) is 0.321. The lowest BCUT2D eigenvalue weighted by molar-refractivity contribution is -0.128. The number of benzene rings is 3. The molecule has 188 valence electrons. The lowest BCUT2D eigenvalue weighted by Gasteiger charge is -2.35. The summed E-state index contributed by atoms with van der Waals surface area (Å²) >= 11 is 6.19. The Hall–Kier alpha value is -3.03. The smallest absolute Gasteiger partial charge is 0.264 e. The molecule has 0 saturated carbocycles. The first kappa shape index (κ1) is 24.7. The summed E-state index contributed by atoms with van der Waals surface area (Å²) in [7, 11) is -3.94. The van der Waals surface area contributed by atoms with E-state index in [2.05, 4.69) is 23.5 Å². The number of rotatable bonds is 6. The van der Waals surface area contributed by atoms with Gasteiger partial charge in [-0.25, -0.2) is 8.42 Å². The molecule has 0 aromatic heterocycles. The van der Waals surface area contributed by atoms with Crippen LogP contribution in [0.5, 0.6) is 5.75 Å². The molecule has 0 unspecified atom stereocenters. The zero-order valence-electron chi connectivity index (χ0n) is 20.1. The second kappa shape index (κ2) is 10.1. The van der Waals surface area contributed by atoms with Crippen LogP contribution in [0.4, 0.5) is 5.69 Å². The molecule has 6 nitrogen and oxygen atoms in total. The SMILES string of the molecule is CC[C@H](NC(=O)[C@H]1CN(S(=O)(=O)c2ccccc2)c2cc(Cl)ccc2O1)c1ccc2c(c1)CCCC2. The first-order valence-corrected chi connectivity index (χ1v) is 14.1. The summed E-state index contributed by atoms with van der Waals surface area (Å²) in [6.45, 7) is 1.87. The van der Waals surface area contributed by atoms with Gasteiger partial charge in [-0.1, -0.05) is 54.9 Å².